The zero-order valence-corrected chi connectivity index (χ0v) is 13.9. The molecule has 2 aromatic heterocycles. The van der Waals surface area contributed by atoms with Crippen LogP contribution in [-0.2, 0) is 0 Å². The van der Waals surface area contributed by atoms with Gasteiger partial charge in [0.25, 0.3) is 0 Å². The third kappa shape index (κ3) is 2.59. The molecule has 2 N–H and O–H groups in total. The molecule has 2 heterocycles. The van der Waals surface area contributed by atoms with E-state index in [9.17, 15) is 0 Å². The summed E-state index contributed by atoms with van der Waals surface area (Å²) >= 11 is 17.1. The largest absolute Gasteiger partial charge is 0.396 e. The summed E-state index contributed by atoms with van der Waals surface area (Å²) in [5.74, 6) is 0. The van der Waals surface area contributed by atoms with E-state index in [-0.39, 0.29) is 0 Å². The van der Waals surface area contributed by atoms with Gasteiger partial charge >= 0.3 is 0 Å². The van der Waals surface area contributed by atoms with E-state index in [4.69, 9.17) is 28.9 Å². The Morgan fingerprint density at radius 1 is 1.20 bits per heavy atom. The highest BCUT2D eigenvalue weighted by Gasteiger charge is 2.13. The van der Waals surface area contributed by atoms with Crippen molar-refractivity contribution in [1.82, 2.24) is 9.78 Å². The summed E-state index contributed by atoms with van der Waals surface area (Å²) in [5, 5.41) is 5.62. The van der Waals surface area contributed by atoms with Crippen molar-refractivity contribution in [1.29, 1.82) is 0 Å². The lowest BCUT2D eigenvalue weighted by Crippen LogP contribution is -1.95. The number of benzene rings is 1. The van der Waals surface area contributed by atoms with Crippen LogP contribution in [0.25, 0.3) is 16.3 Å². The average Bonchev–Trinajstić information content (AvgIpc) is 2.95. The number of halogens is 3. The van der Waals surface area contributed by atoms with Crippen molar-refractivity contribution in [2.24, 2.45) is 0 Å². The Labute approximate surface area is 138 Å². The first-order valence-corrected chi connectivity index (χ1v) is 7.97. The maximum atomic E-state index is 6.18. The zero-order valence-electron chi connectivity index (χ0n) is 9.98. The van der Waals surface area contributed by atoms with Gasteiger partial charge in [-0.15, -0.1) is 11.3 Å². The molecule has 20 heavy (non-hydrogen) atoms. The maximum Gasteiger partial charge on any atom is 0.126 e. The van der Waals surface area contributed by atoms with Crippen molar-refractivity contribution >= 4 is 56.2 Å². The second-order valence-electron chi connectivity index (χ2n) is 4.08. The van der Waals surface area contributed by atoms with E-state index in [0.717, 1.165) is 20.0 Å². The first-order chi connectivity index (χ1) is 9.54. The molecule has 102 valence electrons. The van der Waals surface area contributed by atoms with E-state index in [2.05, 4.69) is 21.0 Å². The van der Waals surface area contributed by atoms with E-state index in [1.54, 1.807) is 34.3 Å². The molecule has 0 bridgehead atoms. The van der Waals surface area contributed by atoms with Crippen LogP contribution in [0.3, 0.4) is 0 Å². The van der Waals surface area contributed by atoms with Gasteiger partial charge in [0.1, 0.15) is 5.69 Å². The Balaban J connectivity index is 2.08. The first-order valence-electron chi connectivity index (χ1n) is 5.61. The number of hydrogen-bond acceptors (Lipinski definition) is 3. The third-order valence-electron chi connectivity index (χ3n) is 2.71. The number of hydrogen-bond donors (Lipinski definition) is 1. The molecule has 0 aliphatic rings. The number of rotatable bonds is 2. The van der Waals surface area contributed by atoms with Crippen LogP contribution < -0.4 is 5.73 Å². The molecule has 0 saturated heterocycles. The van der Waals surface area contributed by atoms with E-state index >= 15 is 0 Å². The Bertz CT molecular complexity index is 782. The Hall–Kier alpha value is -1.01. The van der Waals surface area contributed by atoms with Crippen molar-refractivity contribution in [2.45, 2.75) is 0 Å². The van der Waals surface area contributed by atoms with Gasteiger partial charge in [-0.3, -0.25) is 0 Å². The molecular formula is C13H8BrCl2N3S. The molecule has 0 radical (unpaired) electrons. The topological polar surface area (TPSA) is 43.8 Å². The number of nitrogen functional groups attached to an aromatic ring is 1. The van der Waals surface area contributed by atoms with Crippen molar-refractivity contribution in [3.8, 4) is 16.3 Å². The average molecular weight is 389 g/mol. The van der Waals surface area contributed by atoms with Gasteiger partial charge in [0.2, 0.25) is 0 Å². The van der Waals surface area contributed by atoms with E-state index < -0.39 is 0 Å². The molecule has 0 saturated carbocycles. The fourth-order valence-corrected chi connectivity index (χ4v) is 3.70. The van der Waals surface area contributed by atoms with Gasteiger partial charge in [0, 0.05) is 5.02 Å². The molecule has 0 spiro atoms. The van der Waals surface area contributed by atoms with Gasteiger partial charge in [-0.2, -0.15) is 5.10 Å². The maximum absolute atomic E-state index is 6.18. The molecule has 3 aromatic rings. The summed E-state index contributed by atoms with van der Waals surface area (Å²) in [6, 6.07) is 9.19. The van der Waals surface area contributed by atoms with Crippen LogP contribution in [0.2, 0.25) is 10.0 Å². The number of nitrogens with two attached hydrogens (primary N) is 1. The Morgan fingerprint density at radius 3 is 2.65 bits per heavy atom. The highest BCUT2D eigenvalue weighted by molar-refractivity contribution is 9.11. The second kappa shape index (κ2) is 5.41. The van der Waals surface area contributed by atoms with E-state index in [1.807, 2.05) is 18.2 Å². The summed E-state index contributed by atoms with van der Waals surface area (Å²) in [5.41, 5.74) is 8.12. The summed E-state index contributed by atoms with van der Waals surface area (Å²) in [7, 11) is 0. The SMILES string of the molecule is Nc1cn(-c2ccc(Cl)cc2Cl)nc1-c1ccc(Br)s1. The molecule has 3 rings (SSSR count). The second-order valence-corrected chi connectivity index (χ2v) is 7.38. The lowest BCUT2D eigenvalue weighted by Gasteiger charge is -2.03. The number of aromatic nitrogens is 2. The van der Waals surface area contributed by atoms with Gasteiger partial charge in [0.15, 0.2) is 0 Å². The minimum absolute atomic E-state index is 0.527. The van der Waals surface area contributed by atoms with Crippen LogP contribution in [0.15, 0.2) is 40.3 Å². The fraction of sp³-hybridized carbons (Fsp3) is 0. The molecule has 0 unspecified atom stereocenters. The smallest absolute Gasteiger partial charge is 0.126 e. The lowest BCUT2D eigenvalue weighted by atomic mass is 10.3. The van der Waals surface area contributed by atoms with Crippen LogP contribution in [0, 0.1) is 0 Å². The van der Waals surface area contributed by atoms with Gasteiger partial charge in [-0.25, -0.2) is 4.68 Å². The van der Waals surface area contributed by atoms with Gasteiger partial charge in [0.05, 0.1) is 31.3 Å². The third-order valence-corrected chi connectivity index (χ3v) is 4.87. The standard InChI is InChI=1S/C13H8BrCl2N3S/c14-12-4-3-11(20-12)13-9(17)6-19(18-13)10-2-1-7(15)5-8(10)16/h1-6H,17H2. The van der Waals surface area contributed by atoms with E-state index in [1.165, 1.54) is 0 Å². The predicted molar refractivity (Wildman–Crippen MR) is 89.0 cm³/mol. The van der Waals surface area contributed by atoms with Crippen molar-refractivity contribution in [3.05, 3.63) is 50.4 Å². The quantitative estimate of drug-likeness (QED) is 0.651. The minimum atomic E-state index is 0.527. The van der Waals surface area contributed by atoms with E-state index in [0.29, 0.717) is 15.7 Å². The number of nitrogens with zero attached hydrogens (tertiary/aromatic N) is 2. The molecule has 0 amide bonds. The molecule has 3 nitrogen and oxygen atoms in total. The number of thiophene rings is 1. The van der Waals surface area contributed by atoms with Gasteiger partial charge in [-0.05, 0) is 46.3 Å². The Morgan fingerprint density at radius 2 is 2.00 bits per heavy atom. The van der Waals surface area contributed by atoms with Crippen molar-refractivity contribution in [3.63, 3.8) is 0 Å². The summed E-state index contributed by atoms with van der Waals surface area (Å²) in [6.45, 7) is 0. The fourth-order valence-electron chi connectivity index (χ4n) is 1.81. The minimum Gasteiger partial charge on any atom is -0.396 e. The molecule has 0 aliphatic heterocycles. The van der Waals surface area contributed by atoms with Crippen LogP contribution in [-0.4, -0.2) is 9.78 Å². The first kappa shape index (κ1) is 13.9. The van der Waals surface area contributed by atoms with Crippen LogP contribution in [0.5, 0.6) is 0 Å². The predicted octanol–water partition coefficient (Wildman–Crippen LogP) is 5.25. The normalized spacial score (nSPS) is 10.9. The van der Waals surface area contributed by atoms with Crippen molar-refractivity contribution in [2.75, 3.05) is 5.73 Å². The molecular weight excluding hydrogens is 381 g/mol. The summed E-state index contributed by atoms with van der Waals surface area (Å²) in [4.78, 5) is 0.998. The number of anilines is 1. The Kier molecular flexibility index (Phi) is 3.77. The van der Waals surface area contributed by atoms with Gasteiger partial charge in [-0.1, -0.05) is 23.2 Å². The van der Waals surface area contributed by atoms with Crippen LogP contribution in [0.4, 0.5) is 5.69 Å². The molecule has 1 aromatic carbocycles. The summed E-state index contributed by atoms with van der Waals surface area (Å²) < 4.78 is 2.70. The molecule has 0 atom stereocenters. The zero-order chi connectivity index (χ0) is 14.3. The highest BCUT2D eigenvalue weighted by Crippen LogP contribution is 2.34. The highest BCUT2D eigenvalue weighted by atomic mass is 79.9. The van der Waals surface area contributed by atoms with Crippen LogP contribution in [0.1, 0.15) is 0 Å². The van der Waals surface area contributed by atoms with Crippen LogP contribution >= 0.6 is 50.5 Å². The van der Waals surface area contributed by atoms with Crippen molar-refractivity contribution < 1.29 is 0 Å². The lowest BCUT2D eigenvalue weighted by molar-refractivity contribution is 0.885. The monoisotopic (exact) mass is 387 g/mol. The summed E-state index contributed by atoms with van der Waals surface area (Å²) in [6.07, 6.45) is 1.75. The molecule has 0 aliphatic carbocycles. The molecule has 0 fully saturated rings. The van der Waals surface area contributed by atoms with Gasteiger partial charge < -0.3 is 5.73 Å². The molecule has 7 heteroatoms.